The molecule has 1 aliphatic heterocycles. The Bertz CT molecular complexity index is 1400. The van der Waals surface area contributed by atoms with Gasteiger partial charge in [-0.15, -0.1) is 0 Å². The van der Waals surface area contributed by atoms with Gasteiger partial charge in [0.15, 0.2) is 5.82 Å². The number of methoxy groups -OCH3 is 1. The number of hydrogen-bond acceptors (Lipinski definition) is 5. The van der Waals surface area contributed by atoms with Gasteiger partial charge in [0.25, 0.3) is 5.91 Å². The van der Waals surface area contributed by atoms with Crippen molar-refractivity contribution in [3.8, 4) is 28.5 Å². The molecule has 0 fully saturated rings. The Hall–Kier alpha value is -4.46. The van der Waals surface area contributed by atoms with Crippen LogP contribution in [0.25, 0.3) is 22.8 Å². The topological polar surface area (TPSA) is 109 Å². The molecule has 0 bridgehead atoms. The van der Waals surface area contributed by atoms with Crippen LogP contribution in [0.5, 0.6) is 5.75 Å². The second-order valence-electron chi connectivity index (χ2n) is 8.25. The molecular weight excluding hydrogens is 442 g/mol. The molecule has 2 aromatic heterocycles. The molecule has 0 saturated heterocycles. The minimum atomic E-state index is -0.103. The van der Waals surface area contributed by atoms with E-state index >= 15 is 0 Å². The summed E-state index contributed by atoms with van der Waals surface area (Å²) in [5.74, 6) is 1.02. The van der Waals surface area contributed by atoms with Crippen LogP contribution in [0.4, 0.5) is 5.69 Å². The van der Waals surface area contributed by atoms with E-state index in [2.05, 4.69) is 20.6 Å². The number of carbonyl (C=O) groups excluding carboxylic acids is 2. The lowest BCUT2D eigenvalue weighted by Crippen LogP contribution is -2.31. The SMILES string of the molecule is COc1ccccc1NC(=O)CCc1ccccc1-c1nccc(-c2cc3c([nH]2)CCNC3=O)n1. The van der Waals surface area contributed by atoms with E-state index in [1.807, 2.05) is 60.7 Å². The van der Waals surface area contributed by atoms with Crippen molar-refractivity contribution < 1.29 is 14.3 Å². The Morgan fingerprint density at radius 2 is 1.91 bits per heavy atom. The molecule has 3 N–H and O–H groups in total. The molecule has 0 saturated carbocycles. The van der Waals surface area contributed by atoms with Gasteiger partial charge in [-0.3, -0.25) is 9.59 Å². The number of aromatic nitrogens is 3. The molecule has 8 nitrogen and oxygen atoms in total. The average molecular weight is 468 g/mol. The highest BCUT2D eigenvalue weighted by Gasteiger charge is 2.21. The Balaban J connectivity index is 1.35. The van der Waals surface area contributed by atoms with Crippen molar-refractivity contribution in [2.24, 2.45) is 0 Å². The molecule has 0 unspecified atom stereocenters. The van der Waals surface area contributed by atoms with Crippen molar-refractivity contribution in [1.29, 1.82) is 0 Å². The third kappa shape index (κ3) is 4.77. The average Bonchev–Trinajstić information content (AvgIpc) is 3.34. The fraction of sp³-hybridized carbons (Fsp3) is 0.185. The van der Waals surface area contributed by atoms with Crippen molar-refractivity contribution in [2.45, 2.75) is 19.3 Å². The molecule has 35 heavy (non-hydrogen) atoms. The van der Waals surface area contributed by atoms with Gasteiger partial charge in [-0.25, -0.2) is 9.97 Å². The van der Waals surface area contributed by atoms with E-state index in [1.165, 1.54) is 0 Å². The summed E-state index contributed by atoms with van der Waals surface area (Å²) in [6, 6.07) is 18.8. The van der Waals surface area contributed by atoms with Crippen LogP contribution < -0.4 is 15.4 Å². The summed E-state index contributed by atoms with van der Waals surface area (Å²) in [5, 5.41) is 5.78. The van der Waals surface area contributed by atoms with E-state index in [0.717, 1.165) is 28.9 Å². The van der Waals surface area contributed by atoms with Crippen LogP contribution in [0.3, 0.4) is 0 Å². The third-order valence-electron chi connectivity index (χ3n) is 6.00. The van der Waals surface area contributed by atoms with E-state index in [1.54, 1.807) is 13.3 Å². The number of H-pyrrole nitrogens is 1. The predicted octanol–water partition coefficient (Wildman–Crippen LogP) is 4.00. The Morgan fingerprint density at radius 1 is 1.09 bits per heavy atom. The molecule has 5 rings (SSSR count). The van der Waals surface area contributed by atoms with Crippen LogP contribution in [0.2, 0.25) is 0 Å². The number of benzene rings is 2. The summed E-state index contributed by atoms with van der Waals surface area (Å²) >= 11 is 0. The van der Waals surface area contributed by atoms with Crippen LogP contribution in [0.15, 0.2) is 66.9 Å². The van der Waals surface area contributed by atoms with Gasteiger partial charge >= 0.3 is 0 Å². The number of nitrogens with one attached hydrogen (secondary N) is 3. The number of rotatable bonds is 7. The summed E-state index contributed by atoms with van der Waals surface area (Å²) in [7, 11) is 1.58. The van der Waals surface area contributed by atoms with Crippen molar-refractivity contribution in [1.82, 2.24) is 20.3 Å². The number of aromatic amines is 1. The van der Waals surface area contributed by atoms with Gasteiger partial charge in [-0.2, -0.15) is 0 Å². The molecule has 2 aromatic carbocycles. The van der Waals surface area contributed by atoms with E-state index in [-0.39, 0.29) is 11.8 Å². The first-order chi connectivity index (χ1) is 17.1. The Kier molecular flexibility index (Phi) is 6.26. The molecular formula is C27H25N5O3. The second-order valence-corrected chi connectivity index (χ2v) is 8.25. The normalized spacial score (nSPS) is 12.5. The molecule has 176 valence electrons. The quantitative estimate of drug-likeness (QED) is 0.381. The van der Waals surface area contributed by atoms with Crippen molar-refractivity contribution >= 4 is 17.5 Å². The van der Waals surface area contributed by atoms with E-state index in [4.69, 9.17) is 9.72 Å². The van der Waals surface area contributed by atoms with Crippen molar-refractivity contribution in [3.63, 3.8) is 0 Å². The smallest absolute Gasteiger partial charge is 0.253 e. The number of amides is 2. The lowest BCUT2D eigenvalue weighted by atomic mass is 10.0. The van der Waals surface area contributed by atoms with Crippen LogP contribution in [-0.2, 0) is 17.6 Å². The molecule has 8 heteroatoms. The predicted molar refractivity (Wildman–Crippen MR) is 133 cm³/mol. The number of anilines is 1. The first-order valence-corrected chi connectivity index (χ1v) is 11.5. The van der Waals surface area contributed by atoms with Crippen LogP contribution in [0.1, 0.15) is 28.0 Å². The van der Waals surface area contributed by atoms with E-state index in [9.17, 15) is 9.59 Å². The number of fused-ring (bicyclic) bond motifs is 1. The number of carbonyl (C=O) groups is 2. The molecule has 0 spiro atoms. The molecule has 0 atom stereocenters. The maximum atomic E-state index is 12.6. The van der Waals surface area contributed by atoms with E-state index < -0.39 is 0 Å². The van der Waals surface area contributed by atoms with Gasteiger partial charge in [0, 0.05) is 36.8 Å². The zero-order valence-electron chi connectivity index (χ0n) is 19.3. The lowest BCUT2D eigenvalue weighted by Gasteiger charge is -2.11. The molecule has 3 heterocycles. The molecule has 4 aromatic rings. The third-order valence-corrected chi connectivity index (χ3v) is 6.00. The van der Waals surface area contributed by atoms with Crippen molar-refractivity contribution in [2.75, 3.05) is 19.0 Å². The first-order valence-electron chi connectivity index (χ1n) is 11.5. The standard InChI is InChI=1S/C27H25N5O3/c1-35-24-9-5-4-8-22(24)31-25(33)11-10-17-6-2-3-7-18(17)26-28-14-13-21(32-26)23-16-19-20(30-23)12-15-29-27(19)34/h2-9,13-14,16,30H,10-12,15H2,1H3,(H,29,34)(H,31,33). The highest BCUT2D eigenvalue weighted by atomic mass is 16.5. The molecule has 2 amide bonds. The van der Waals surface area contributed by atoms with Gasteiger partial charge in [0.05, 0.1) is 29.7 Å². The highest BCUT2D eigenvalue weighted by Crippen LogP contribution is 2.27. The fourth-order valence-electron chi connectivity index (χ4n) is 4.24. The van der Waals surface area contributed by atoms with Gasteiger partial charge in [-0.1, -0.05) is 36.4 Å². The molecule has 0 radical (unpaired) electrons. The van der Waals surface area contributed by atoms with Crippen LogP contribution in [0, 0.1) is 0 Å². The zero-order chi connectivity index (χ0) is 24.2. The summed E-state index contributed by atoms with van der Waals surface area (Å²) in [6.07, 6.45) is 3.30. The lowest BCUT2D eigenvalue weighted by molar-refractivity contribution is -0.116. The van der Waals surface area contributed by atoms with Gasteiger partial charge in [0.1, 0.15) is 5.75 Å². The summed E-state index contributed by atoms with van der Waals surface area (Å²) in [6.45, 7) is 0.624. The monoisotopic (exact) mass is 467 g/mol. The minimum Gasteiger partial charge on any atom is -0.495 e. The Morgan fingerprint density at radius 3 is 2.77 bits per heavy atom. The van der Waals surface area contributed by atoms with E-state index in [0.29, 0.717) is 47.9 Å². The maximum absolute atomic E-state index is 12.6. The summed E-state index contributed by atoms with van der Waals surface area (Å²) in [5.41, 5.74) is 5.56. The summed E-state index contributed by atoms with van der Waals surface area (Å²) < 4.78 is 5.31. The first kappa shape index (κ1) is 22.3. The fourth-order valence-corrected chi connectivity index (χ4v) is 4.24. The molecule has 1 aliphatic rings. The van der Waals surface area contributed by atoms with Crippen LogP contribution in [-0.4, -0.2) is 40.4 Å². The maximum Gasteiger partial charge on any atom is 0.253 e. The number of para-hydroxylation sites is 2. The number of ether oxygens (including phenoxy) is 1. The zero-order valence-corrected chi connectivity index (χ0v) is 19.3. The summed E-state index contributed by atoms with van der Waals surface area (Å²) in [4.78, 5) is 37.4. The minimum absolute atomic E-state index is 0.0697. The van der Waals surface area contributed by atoms with Gasteiger partial charge in [-0.05, 0) is 36.2 Å². The molecule has 0 aliphatic carbocycles. The highest BCUT2D eigenvalue weighted by molar-refractivity contribution is 5.97. The van der Waals surface area contributed by atoms with Gasteiger partial charge in [0.2, 0.25) is 5.91 Å². The van der Waals surface area contributed by atoms with Crippen LogP contribution >= 0.6 is 0 Å². The van der Waals surface area contributed by atoms with Crippen molar-refractivity contribution in [3.05, 3.63) is 83.7 Å². The second kappa shape index (κ2) is 9.80. The number of nitrogens with zero attached hydrogens (tertiary/aromatic N) is 2. The number of hydrogen-bond donors (Lipinski definition) is 3. The largest absolute Gasteiger partial charge is 0.495 e. The number of aryl methyl sites for hydroxylation is 1. The Labute approximate surface area is 202 Å². The van der Waals surface area contributed by atoms with Gasteiger partial charge < -0.3 is 20.4 Å².